The predicted octanol–water partition coefficient (Wildman–Crippen LogP) is 16.6. The Balaban J connectivity index is 1.13. The first-order chi connectivity index (χ1) is 34.0. The van der Waals surface area contributed by atoms with Gasteiger partial charge in [-0.25, -0.2) is 0 Å². The average Bonchev–Trinajstić information content (AvgIpc) is 3.91. The normalized spacial score (nSPS) is 16.8. The van der Waals surface area contributed by atoms with Crippen molar-refractivity contribution in [2.75, 3.05) is 5.32 Å². The van der Waals surface area contributed by atoms with Crippen LogP contribution in [0.4, 0.5) is 11.4 Å². The number of nitrogens with one attached hydrogen (secondary N) is 1. The van der Waals surface area contributed by atoms with Crippen molar-refractivity contribution in [2.45, 2.75) is 104 Å². The molecule has 0 unspecified atom stereocenters. The maximum absolute atomic E-state index is 4.08. The van der Waals surface area contributed by atoms with Crippen LogP contribution in [0.5, 0.6) is 0 Å². The van der Waals surface area contributed by atoms with E-state index in [0.29, 0.717) is 0 Å². The molecule has 14 rings (SSSR count). The maximum atomic E-state index is 4.08. The van der Waals surface area contributed by atoms with Crippen LogP contribution in [0, 0.1) is 13.8 Å². The fraction of sp³-hybridized carbons (Fsp3) is 0.235. The van der Waals surface area contributed by atoms with E-state index in [1.54, 1.807) is 0 Å². The van der Waals surface area contributed by atoms with Crippen LogP contribution in [0.3, 0.4) is 0 Å². The van der Waals surface area contributed by atoms with E-state index in [4.69, 9.17) is 0 Å². The summed E-state index contributed by atoms with van der Waals surface area (Å²) in [6, 6.07) is 59.0. The van der Waals surface area contributed by atoms with E-state index in [1.807, 2.05) is 0 Å². The molecule has 345 valence electrons. The summed E-state index contributed by atoms with van der Waals surface area (Å²) in [4.78, 5) is 0. The van der Waals surface area contributed by atoms with E-state index < -0.39 is 0 Å². The first-order valence-electron chi connectivity index (χ1n) is 26.0. The van der Waals surface area contributed by atoms with Crippen molar-refractivity contribution >= 4 is 62.2 Å². The van der Waals surface area contributed by atoms with Crippen LogP contribution in [0.1, 0.15) is 113 Å². The molecule has 71 heavy (non-hydrogen) atoms. The Morgan fingerprint density at radius 2 is 1.10 bits per heavy atom. The van der Waals surface area contributed by atoms with Crippen molar-refractivity contribution in [3.8, 4) is 50.2 Å². The van der Waals surface area contributed by atoms with Gasteiger partial charge in [0, 0.05) is 55.1 Å². The molecule has 0 fully saturated rings. The van der Waals surface area contributed by atoms with E-state index >= 15 is 0 Å². The zero-order valence-electron chi connectivity index (χ0n) is 42.9. The quantitative estimate of drug-likeness (QED) is 0.174. The van der Waals surface area contributed by atoms with Crippen molar-refractivity contribution in [3.05, 3.63) is 196 Å². The number of benzene rings is 9. The first kappa shape index (κ1) is 42.8. The molecule has 10 aromatic rings. The minimum atomic E-state index is -0.201. The summed E-state index contributed by atoms with van der Waals surface area (Å²) in [7, 11) is 2.51. The van der Waals surface area contributed by atoms with Crippen LogP contribution >= 0.6 is 0 Å². The molecule has 0 spiro atoms. The van der Waals surface area contributed by atoms with E-state index in [1.165, 1.54) is 151 Å². The van der Waals surface area contributed by atoms with Gasteiger partial charge in [0.05, 0.1) is 5.52 Å². The monoisotopic (exact) mass is 915 g/mol. The van der Waals surface area contributed by atoms with Crippen LogP contribution in [-0.2, 0) is 21.7 Å². The fourth-order valence-electron chi connectivity index (χ4n) is 13.8. The average molecular weight is 916 g/mol. The minimum absolute atomic E-state index is 0.0867. The molecule has 1 aromatic heterocycles. The van der Waals surface area contributed by atoms with Gasteiger partial charge in [0.15, 0.2) is 7.28 Å². The number of aryl methyl sites for hydroxylation is 2. The molecule has 2 heterocycles. The number of fused-ring (bicyclic) bond motifs is 14. The summed E-state index contributed by atoms with van der Waals surface area (Å²) in [5, 5.41) is 9.18. The van der Waals surface area contributed by atoms with E-state index in [2.05, 4.69) is 238 Å². The third-order valence-electron chi connectivity index (χ3n) is 18.0. The highest BCUT2D eigenvalue weighted by Crippen LogP contribution is 2.57. The molecular weight excluding hydrogens is 856 g/mol. The van der Waals surface area contributed by atoms with Crippen LogP contribution in [-0.4, -0.2) is 11.8 Å². The van der Waals surface area contributed by atoms with Gasteiger partial charge in [-0.3, -0.25) is 0 Å². The SMILES string of the molecule is Cc1ccc(Nc2cc3c(cc2-c2cc(-c4ccc5c(c4)-c4ccccc4C5(C)C)c4c5ccc6ccccc6c5n5c4c2[B]c2cc(C)ccc2-5)-c2cc4c(cc2C3(C)C)C(C)(C)CCC4(C)C)cc1. The minimum Gasteiger partial charge on any atom is -0.355 e. The van der Waals surface area contributed by atoms with Gasteiger partial charge in [0.1, 0.15) is 0 Å². The topological polar surface area (TPSA) is 17.0 Å². The fourth-order valence-corrected chi connectivity index (χ4v) is 13.8. The molecule has 0 bridgehead atoms. The summed E-state index contributed by atoms with van der Waals surface area (Å²) in [6.07, 6.45) is 2.38. The molecule has 2 nitrogen and oxygen atoms in total. The summed E-state index contributed by atoms with van der Waals surface area (Å²) in [6.45, 7) is 23.9. The Hall–Kier alpha value is -7.10. The molecule has 0 saturated heterocycles. The largest absolute Gasteiger partial charge is 0.355 e. The van der Waals surface area contributed by atoms with Gasteiger partial charge < -0.3 is 9.88 Å². The smallest absolute Gasteiger partial charge is 0.197 e. The standard InChI is InChI=1S/C68H60BN2/c1-38-19-24-42(25-20-38)70-59-37-55-48(49-35-56-57(36-54(49)68(55,9)10)66(5,6)30-29-65(56,3)4)34-50(59)51-33-46(41-23-27-53-47(32-41)44-17-13-14-18-52(44)67(53,7)8)61-45-26-22-40-15-11-12-16-43(40)63(45)71-60-28-21-39(2)31-58(60)69-62(51)64(61)71/h11-28,31-37,70H,29-30H2,1-10H3. The van der Waals surface area contributed by atoms with E-state index in [9.17, 15) is 0 Å². The predicted molar refractivity (Wildman–Crippen MR) is 304 cm³/mol. The molecular formula is C68H60BN2. The van der Waals surface area contributed by atoms with Crippen LogP contribution in [0.15, 0.2) is 152 Å². The van der Waals surface area contributed by atoms with Crippen molar-refractivity contribution in [2.24, 2.45) is 0 Å². The lowest BCUT2D eigenvalue weighted by Gasteiger charge is -2.42. The Bertz CT molecular complexity index is 4000. The second-order valence-electron chi connectivity index (χ2n) is 24.0. The van der Waals surface area contributed by atoms with Gasteiger partial charge in [-0.1, -0.05) is 175 Å². The molecule has 3 aliphatic carbocycles. The molecule has 0 saturated carbocycles. The lowest BCUT2D eigenvalue weighted by molar-refractivity contribution is 0.331. The number of hydrogen-bond acceptors (Lipinski definition) is 1. The molecule has 3 heteroatoms. The molecule has 0 amide bonds. The number of nitrogens with zero attached hydrogens (tertiary/aromatic N) is 1. The summed E-state index contributed by atoms with van der Waals surface area (Å²) in [5.74, 6) is 0. The lowest BCUT2D eigenvalue weighted by Crippen LogP contribution is -2.37. The van der Waals surface area contributed by atoms with Gasteiger partial charge in [0.2, 0.25) is 0 Å². The van der Waals surface area contributed by atoms with Crippen molar-refractivity contribution in [1.29, 1.82) is 0 Å². The number of rotatable bonds is 4. The summed E-state index contributed by atoms with van der Waals surface area (Å²) in [5.41, 5.74) is 29.9. The third-order valence-corrected chi connectivity index (χ3v) is 18.0. The van der Waals surface area contributed by atoms with Crippen molar-refractivity contribution in [3.63, 3.8) is 0 Å². The number of aromatic nitrogens is 1. The highest BCUT2D eigenvalue weighted by Gasteiger charge is 2.44. The second kappa shape index (κ2) is 14.3. The zero-order valence-corrected chi connectivity index (χ0v) is 42.9. The second-order valence-corrected chi connectivity index (χ2v) is 24.0. The molecule has 1 aliphatic heterocycles. The third kappa shape index (κ3) is 5.90. The molecule has 4 aliphatic rings. The van der Waals surface area contributed by atoms with Crippen LogP contribution in [0.25, 0.3) is 82.8 Å². The Morgan fingerprint density at radius 3 is 1.90 bits per heavy atom. The Morgan fingerprint density at radius 1 is 0.451 bits per heavy atom. The number of anilines is 2. The van der Waals surface area contributed by atoms with Gasteiger partial charge in [-0.05, 0) is 169 Å². The van der Waals surface area contributed by atoms with E-state index in [-0.39, 0.29) is 21.7 Å². The van der Waals surface area contributed by atoms with Crippen LogP contribution < -0.4 is 16.2 Å². The molecule has 0 atom stereocenters. The molecule has 1 radical (unpaired) electrons. The zero-order chi connectivity index (χ0) is 48.7. The van der Waals surface area contributed by atoms with Crippen molar-refractivity contribution < 1.29 is 0 Å². The van der Waals surface area contributed by atoms with Gasteiger partial charge in [0.25, 0.3) is 0 Å². The van der Waals surface area contributed by atoms with Gasteiger partial charge >= 0.3 is 0 Å². The molecule has 1 N–H and O–H groups in total. The number of hydrogen-bond donors (Lipinski definition) is 1. The Labute approximate surface area is 420 Å². The van der Waals surface area contributed by atoms with Gasteiger partial charge in [-0.15, -0.1) is 0 Å². The van der Waals surface area contributed by atoms with Gasteiger partial charge in [-0.2, -0.15) is 0 Å². The van der Waals surface area contributed by atoms with Crippen molar-refractivity contribution in [1.82, 2.24) is 4.57 Å². The van der Waals surface area contributed by atoms with Crippen LogP contribution in [0.2, 0.25) is 0 Å². The first-order valence-corrected chi connectivity index (χ1v) is 26.0. The van der Waals surface area contributed by atoms with E-state index in [0.717, 1.165) is 11.4 Å². The molecule has 9 aromatic carbocycles. The highest BCUT2D eigenvalue weighted by molar-refractivity contribution is 6.73. The highest BCUT2D eigenvalue weighted by atomic mass is 15.0. The Kier molecular flexibility index (Phi) is 8.60. The summed E-state index contributed by atoms with van der Waals surface area (Å²) >= 11 is 0. The maximum Gasteiger partial charge on any atom is 0.197 e. The lowest BCUT2D eigenvalue weighted by atomic mass is 9.58. The summed E-state index contributed by atoms with van der Waals surface area (Å²) < 4.78 is 2.63.